The molecule has 45 heavy (non-hydrogen) atoms. The number of nitrogens with zero attached hydrogens (tertiary/aromatic N) is 8. The Balaban J connectivity index is 1.13. The lowest BCUT2D eigenvalue weighted by Gasteiger charge is -2.33. The van der Waals surface area contributed by atoms with Gasteiger partial charge >= 0.3 is 5.97 Å². The van der Waals surface area contributed by atoms with Crippen LogP contribution in [-0.4, -0.2) is 102 Å². The number of anilines is 3. The number of esters is 1. The van der Waals surface area contributed by atoms with Crippen molar-refractivity contribution in [1.82, 2.24) is 29.9 Å². The molecule has 0 aliphatic carbocycles. The number of carbonyl (C=O) groups excluding carboxylic acids is 1. The van der Waals surface area contributed by atoms with Crippen molar-refractivity contribution in [2.75, 3.05) is 75.2 Å². The number of methoxy groups -OCH3 is 1. The van der Waals surface area contributed by atoms with Gasteiger partial charge in [0.15, 0.2) is 0 Å². The number of benzene rings is 1. The average molecular weight is 619 g/mol. The Bertz CT molecular complexity index is 1400. The maximum Gasteiger partial charge on any atom is 0.307 e. The summed E-state index contributed by atoms with van der Waals surface area (Å²) in [6.07, 6.45) is 4.93. The minimum Gasteiger partial charge on any atom is -0.469 e. The van der Waals surface area contributed by atoms with E-state index < -0.39 is 0 Å². The second-order valence-electron chi connectivity index (χ2n) is 11.2. The zero-order valence-corrected chi connectivity index (χ0v) is 25.9. The van der Waals surface area contributed by atoms with Crippen molar-refractivity contribution in [3.05, 3.63) is 53.3 Å². The Morgan fingerprint density at radius 1 is 1.11 bits per heavy atom. The van der Waals surface area contributed by atoms with E-state index in [1.807, 2.05) is 36.5 Å². The molecule has 2 aliphatic rings. The third-order valence-electron chi connectivity index (χ3n) is 7.84. The number of aryl methyl sites for hydroxylation is 1. The molecule has 4 heterocycles. The van der Waals surface area contributed by atoms with Gasteiger partial charge in [-0.2, -0.15) is 15.2 Å². The quantitative estimate of drug-likeness (QED) is 0.189. The molecule has 1 aromatic carbocycles. The minimum absolute atomic E-state index is 0.252. The molecule has 2 N–H and O–H groups in total. The van der Waals surface area contributed by atoms with E-state index in [1.54, 1.807) is 4.68 Å². The molecule has 2 saturated heterocycles. The van der Waals surface area contributed by atoms with Crippen molar-refractivity contribution >= 4 is 23.6 Å². The van der Waals surface area contributed by atoms with Crippen LogP contribution in [0.3, 0.4) is 0 Å². The van der Waals surface area contributed by atoms with E-state index in [2.05, 4.69) is 41.6 Å². The number of nitrogens with one attached hydrogen (secondary N) is 2. The standard InChI is InChI=1S/C31H42N10O4/c1-43-30(42)9-16-44-15-2-10-41-23-27(37-38-41)21-33-31-35-28(19-29(36-31)40-13-17-45-18-14-40)34-26-7-11-39(12-8-26)22-25-5-3-24(20-32)4-6-25/h3-6,19,23,26H,2,7-18,21-22H2,1H3,(H2,33,34,35,36). The van der Waals surface area contributed by atoms with Crippen LogP contribution in [0.5, 0.6) is 0 Å². The van der Waals surface area contributed by atoms with Crippen LogP contribution in [0.4, 0.5) is 17.6 Å². The van der Waals surface area contributed by atoms with Crippen LogP contribution in [0.1, 0.15) is 42.5 Å². The fourth-order valence-corrected chi connectivity index (χ4v) is 5.32. The highest BCUT2D eigenvalue weighted by molar-refractivity contribution is 5.69. The summed E-state index contributed by atoms with van der Waals surface area (Å²) in [5, 5.41) is 24.6. The van der Waals surface area contributed by atoms with E-state index in [0.717, 1.165) is 69.3 Å². The highest BCUT2D eigenvalue weighted by Gasteiger charge is 2.21. The molecule has 0 atom stereocenters. The number of likely N-dealkylation sites (tertiary alicyclic amines) is 1. The zero-order chi connectivity index (χ0) is 31.3. The first-order valence-corrected chi connectivity index (χ1v) is 15.5. The van der Waals surface area contributed by atoms with E-state index in [4.69, 9.17) is 24.7 Å². The van der Waals surface area contributed by atoms with Crippen LogP contribution < -0.4 is 15.5 Å². The number of rotatable bonds is 15. The summed E-state index contributed by atoms with van der Waals surface area (Å²) >= 11 is 0. The maximum absolute atomic E-state index is 11.2. The Morgan fingerprint density at radius 2 is 1.91 bits per heavy atom. The lowest BCUT2D eigenvalue weighted by Crippen LogP contribution is -2.39. The van der Waals surface area contributed by atoms with E-state index in [1.165, 1.54) is 12.7 Å². The summed E-state index contributed by atoms with van der Waals surface area (Å²) in [5.74, 6) is 1.93. The molecule has 2 aliphatic heterocycles. The van der Waals surface area contributed by atoms with Crippen LogP contribution in [0.15, 0.2) is 36.5 Å². The molecule has 2 aromatic heterocycles. The van der Waals surface area contributed by atoms with E-state index in [-0.39, 0.29) is 12.4 Å². The summed E-state index contributed by atoms with van der Waals surface area (Å²) in [4.78, 5) is 25.5. The van der Waals surface area contributed by atoms with Crippen LogP contribution in [0.25, 0.3) is 0 Å². The van der Waals surface area contributed by atoms with E-state index in [0.29, 0.717) is 57.1 Å². The van der Waals surface area contributed by atoms with Gasteiger partial charge in [-0.1, -0.05) is 17.3 Å². The summed E-state index contributed by atoms with van der Waals surface area (Å²) in [5.41, 5.74) is 2.70. The molecule has 5 rings (SSSR count). The molecule has 0 bridgehead atoms. The number of carbonyl (C=O) groups is 1. The molecule has 0 spiro atoms. The Labute approximate surface area is 263 Å². The van der Waals surface area contributed by atoms with Gasteiger partial charge in [-0.05, 0) is 37.0 Å². The van der Waals surface area contributed by atoms with Gasteiger partial charge in [-0.25, -0.2) is 0 Å². The first-order valence-electron chi connectivity index (χ1n) is 15.5. The lowest BCUT2D eigenvalue weighted by molar-refractivity contribution is -0.141. The normalized spacial score (nSPS) is 15.9. The Kier molecular flexibility index (Phi) is 11.9. The van der Waals surface area contributed by atoms with Crippen molar-refractivity contribution in [2.45, 2.75) is 51.4 Å². The second kappa shape index (κ2) is 16.7. The summed E-state index contributed by atoms with van der Waals surface area (Å²) in [7, 11) is 1.37. The molecule has 0 unspecified atom stereocenters. The smallest absolute Gasteiger partial charge is 0.307 e. The molecule has 240 valence electrons. The van der Waals surface area contributed by atoms with Crippen LogP contribution >= 0.6 is 0 Å². The summed E-state index contributed by atoms with van der Waals surface area (Å²) in [6.45, 7) is 7.74. The summed E-state index contributed by atoms with van der Waals surface area (Å²) in [6, 6.07) is 12.4. The molecule has 2 fully saturated rings. The molecule has 0 radical (unpaired) electrons. The van der Waals surface area contributed by atoms with Crippen LogP contribution in [-0.2, 0) is 38.6 Å². The van der Waals surface area contributed by atoms with E-state index in [9.17, 15) is 4.79 Å². The molecule has 0 amide bonds. The van der Waals surface area contributed by atoms with Crippen molar-refractivity contribution in [2.24, 2.45) is 0 Å². The first kappa shape index (κ1) is 32.1. The number of hydrogen-bond acceptors (Lipinski definition) is 13. The molecular weight excluding hydrogens is 576 g/mol. The van der Waals surface area contributed by atoms with E-state index >= 15 is 0 Å². The van der Waals surface area contributed by atoms with Crippen LogP contribution in [0, 0.1) is 11.3 Å². The number of ether oxygens (including phenoxy) is 3. The highest BCUT2D eigenvalue weighted by Crippen LogP contribution is 2.23. The van der Waals surface area contributed by atoms with Gasteiger partial charge in [0.25, 0.3) is 0 Å². The minimum atomic E-state index is -0.275. The maximum atomic E-state index is 11.2. The predicted octanol–water partition coefficient (Wildman–Crippen LogP) is 2.43. The second-order valence-corrected chi connectivity index (χ2v) is 11.2. The molecule has 14 nitrogen and oxygen atoms in total. The van der Waals surface area contributed by atoms with Crippen molar-refractivity contribution < 1.29 is 19.0 Å². The zero-order valence-electron chi connectivity index (χ0n) is 25.9. The highest BCUT2D eigenvalue weighted by atomic mass is 16.5. The Morgan fingerprint density at radius 3 is 2.67 bits per heavy atom. The van der Waals surface area contributed by atoms with Gasteiger partial charge < -0.3 is 29.7 Å². The van der Waals surface area contributed by atoms with Gasteiger partial charge in [0.05, 0.1) is 57.7 Å². The number of piperidine rings is 1. The number of nitriles is 1. The molecular formula is C31H42N10O4. The van der Waals surface area contributed by atoms with Crippen molar-refractivity contribution in [1.29, 1.82) is 5.26 Å². The number of hydrogen-bond donors (Lipinski definition) is 2. The summed E-state index contributed by atoms with van der Waals surface area (Å²) < 4.78 is 17.4. The fraction of sp³-hybridized carbons (Fsp3) is 0.548. The monoisotopic (exact) mass is 618 g/mol. The topological polar surface area (TPSA) is 156 Å². The van der Waals surface area contributed by atoms with Gasteiger partial charge in [0.2, 0.25) is 5.95 Å². The predicted molar refractivity (Wildman–Crippen MR) is 168 cm³/mol. The third-order valence-corrected chi connectivity index (χ3v) is 7.84. The number of aromatic nitrogens is 5. The third kappa shape index (κ3) is 10.1. The lowest BCUT2D eigenvalue weighted by atomic mass is 10.0. The van der Waals surface area contributed by atoms with Gasteiger partial charge in [-0.3, -0.25) is 14.4 Å². The average Bonchev–Trinajstić information content (AvgIpc) is 3.54. The SMILES string of the molecule is COC(=O)CCOCCCn1cc(CNc2nc(NC3CCN(Cc4ccc(C#N)cc4)CC3)cc(N3CCOCC3)n2)nn1. The Hall–Kier alpha value is -4.32. The first-order chi connectivity index (χ1) is 22.1. The van der Waals surface area contributed by atoms with Gasteiger partial charge in [-0.15, -0.1) is 5.10 Å². The number of morpholine rings is 1. The van der Waals surface area contributed by atoms with Crippen molar-refractivity contribution in [3.8, 4) is 6.07 Å². The molecule has 14 heteroatoms. The fourth-order valence-electron chi connectivity index (χ4n) is 5.32. The van der Waals surface area contributed by atoms with Crippen LogP contribution in [0.2, 0.25) is 0 Å². The largest absolute Gasteiger partial charge is 0.469 e. The molecule has 0 saturated carbocycles. The molecule has 3 aromatic rings. The van der Waals surface area contributed by atoms with Crippen molar-refractivity contribution in [3.63, 3.8) is 0 Å². The van der Waals surface area contributed by atoms with Gasteiger partial charge in [0.1, 0.15) is 17.3 Å². The van der Waals surface area contributed by atoms with Gasteiger partial charge in [0, 0.05) is 58.0 Å².